The first-order valence-corrected chi connectivity index (χ1v) is 8.22. The van der Waals surface area contributed by atoms with Crippen molar-refractivity contribution < 1.29 is 9.21 Å². The van der Waals surface area contributed by atoms with Crippen LogP contribution in [0.5, 0.6) is 0 Å². The molecule has 0 atom stereocenters. The number of piperidine rings is 1. The summed E-state index contributed by atoms with van der Waals surface area (Å²) in [6, 6.07) is 5.51. The maximum atomic E-state index is 11.3. The molecular formula is C18H24N2O2. The van der Waals surface area contributed by atoms with E-state index in [1.54, 1.807) is 12.1 Å². The van der Waals surface area contributed by atoms with Crippen molar-refractivity contribution in [1.82, 2.24) is 4.90 Å². The highest BCUT2D eigenvalue weighted by Crippen LogP contribution is 2.34. The molecule has 2 N–H and O–H groups in total. The van der Waals surface area contributed by atoms with Crippen LogP contribution in [-0.2, 0) is 0 Å². The maximum absolute atomic E-state index is 11.3. The van der Waals surface area contributed by atoms with E-state index in [-0.39, 0.29) is 0 Å². The van der Waals surface area contributed by atoms with Gasteiger partial charge in [0.15, 0.2) is 0 Å². The summed E-state index contributed by atoms with van der Waals surface area (Å²) >= 11 is 0. The number of furan rings is 1. The van der Waals surface area contributed by atoms with E-state index in [1.807, 2.05) is 12.3 Å². The van der Waals surface area contributed by atoms with Gasteiger partial charge in [-0.3, -0.25) is 4.79 Å². The number of carbonyl (C=O) groups is 1. The normalized spacial score (nSPS) is 17.1. The van der Waals surface area contributed by atoms with Gasteiger partial charge in [-0.1, -0.05) is 19.4 Å². The van der Waals surface area contributed by atoms with Crippen LogP contribution in [0.4, 0.5) is 0 Å². The monoisotopic (exact) mass is 300 g/mol. The number of primary amides is 1. The molecule has 0 radical (unpaired) electrons. The Bertz CT molecular complexity index is 654. The summed E-state index contributed by atoms with van der Waals surface area (Å²) in [6.45, 7) is 5.79. The second-order valence-corrected chi connectivity index (χ2v) is 6.24. The number of likely N-dealkylation sites (tertiary alicyclic amines) is 1. The first-order valence-electron chi connectivity index (χ1n) is 8.22. The number of nitrogens with two attached hydrogens (primary N) is 1. The van der Waals surface area contributed by atoms with Crippen LogP contribution in [-0.4, -0.2) is 30.4 Å². The van der Waals surface area contributed by atoms with Gasteiger partial charge in [0, 0.05) is 16.5 Å². The molecule has 3 rings (SSSR count). The van der Waals surface area contributed by atoms with E-state index < -0.39 is 5.91 Å². The van der Waals surface area contributed by atoms with Crippen LogP contribution in [0.25, 0.3) is 11.0 Å². The number of unbranched alkanes of at least 4 members (excludes halogenated alkanes) is 1. The molecule has 2 aromatic rings. The van der Waals surface area contributed by atoms with Crippen molar-refractivity contribution in [1.29, 1.82) is 0 Å². The smallest absolute Gasteiger partial charge is 0.248 e. The van der Waals surface area contributed by atoms with Gasteiger partial charge in [0.25, 0.3) is 0 Å². The molecule has 1 fully saturated rings. The number of nitrogens with zero attached hydrogens (tertiary/aromatic N) is 1. The molecule has 1 saturated heterocycles. The summed E-state index contributed by atoms with van der Waals surface area (Å²) in [6.07, 6.45) is 6.76. The van der Waals surface area contributed by atoms with Gasteiger partial charge in [-0.25, -0.2) is 0 Å². The van der Waals surface area contributed by atoms with E-state index in [9.17, 15) is 4.79 Å². The van der Waals surface area contributed by atoms with Crippen molar-refractivity contribution in [3.8, 4) is 0 Å². The van der Waals surface area contributed by atoms with Gasteiger partial charge >= 0.3 is 0 Å². The summed E-state index contributed by atoms with van der Waals surface area (Å²) in [7, 11) is 0. The zero-order chi connectivity index (χ0) is 15.5. The highest BCUT2D eigenvalue weighted by molar-refractivity contribution is 5.97. The highest BCUT2D eigenvalue weighted by atomic mass is 16.3. The molecule has 1 aliphatic rings. The van der Waals surface area contributed by atoms with Crippen LogP contribution >= 0.6 is 0 Å². The lowest BCUT2D eigenvalue weighted by Gasteiger charge is -2.31. The van der Waals surface area contributed by atoms with E-state index in [4.69, 9.17) is 10.2 Å². The molecule has 0 spiro atoms. The number of hydrogen-bond acceptors (Lipinski definition) is 3. The molecule has 22 heavy (non-hydrogen) atoms. The third-order valence-corrected chi connectivity index (χ3v) is 4.75. The maximum Gasteiger partial charge on any atom is 0.248 e. The number of benzene rings is 1. The van der Waals surface area contributed by atoms with Crippen LogP contribution in [0, 0.1) is 0 Å². The Labute approximate surface area is 131 Å². The van der Waals surface area contributed by atoms with Crippen molar-refractivity contribution in [2.24, 2.45) is 5.73 Å². The topological polar surface area (TPSA) is 59.5 Å². The Morgan fingerprint density at radius 2 is 2.14 bits per heavy atom. The zero-order valence-corrected chi connectivity index (χ0v) is 13.2. The summed E-state index contributed by atoms with van der Waals surface area (Å²) in [5.41, 5.74) is 7.87. The van der Waals surface area contributed by atoms with Gasteiger partial charge in [0.2, 0.25) is 5.91 Å². The minimum Gasteiger partial charge on any atom is -0.464 e. The number of hydrogen-bond donors (Lipinski definition) is 1. The fraction of sp³-hybridized carbons (Fsp3) is 0.500. The Kier molecular flexibility index (Phi) is 4.48. The van der Waals surface area contributed by atoms with Crippen LogP contribution < -0.4 is 5.73 Å². The van der Waals surface area contributed by atoms with Gasteiger partial charge in [0.05, 0.1) is 6.26 Å². The largest absolute Gasteiger partial charge is 0.464 e. The third-order valence-electron chi connectivity index (χ3n) is 4.75. The van der Waals surface area contributed by atoms with E-state index in [0.717, 1.165) is 24.1 Å². The van der Waals surface area contributed by atoms with Gasteiger partial charge in [-0.05, 0) is 56.9 Å². The molecule has 4 heteroatoms. The van der Waals surface area contributed by atoms with E-state index >= 15 is 0 Å². The molecule has 0 bridgehead atoms. The van der Waals surface area contributed by atoms with Crippen LogP contribution in [0.3, 0.4) is 0 Å². The number of carbonyl (C=O) groups excluding carboxylic acids is 1. The molecule has 1 aromatic carbocycles. The number of amides is 1. The second-order valence-electron chi connectivity index (χ2n) is 6.24. The predicted octanol–water partition coefficient (Wildman–Crippen LogP) is 3.51. The third kappa shape index (κ3) is 3.02. The number of rotatable bonds is 5. The van der Waals surface area contributed by atoms with Gasteiger partial charge in [0.1, 0.15) is 5.58 Å². The fourth-order valence-corrected chi connectivity index (χ4v) is 3.37. The van der Waals surface area contributed by atoms with Crippen molar-refractivity contribution in [3.05, 3.63) is 35.6 Å². The molecule has 4 nitrogen and oxygen atoms in total. The molecule has 0 aliphatic carbocycles. The van der Waals surface area contributed by atoms with Gasteiger partial charge in [-0.2, -0.15) is 0 Å². The lowest BCUT2D eigenvalue weighted by atomic mass is 9.89. The fourth-order valence-electron chi connectivity index (χ4n) is 3.37. The molecule has 0 unspecified atom stereocenters. The minimum atomic E-state index is -0.413. The van der Waals surface area contributed by atoms with Crippen molar-refractivity contribution >= 4 is 16.9 Å². The summed E-state index contributed by atoms with van der Waals surface area (Å²) < 4.78 is 5.66. The van der Waals surface area contributed by atoms with E-state index in [2.05, 4.69) is 11.8 Å². The van der Waals surface area contributed by atoms with Crippen LogP contribution in [0.15, 0.2) is 28.9 Å². The highest BCUT2D eigenvalue weighted by Gasteiger charge is 2.23. The van der Waals surface area contributed by atoms with Crippen molar-refractivity contribution in [3.63, 3.8) is 0 Å². The van der Waals surface area contributed by atoms with Crippen molar-refractivity contribution in [2.75, 3.05) is 19.6 Å². The summed E-state index contributed by atoms with van der Waals surface area (Å²) in [5.74, 6) is 0.141. The minimum absolute atomic E-state index is 0.413. The Balaban J connectivity index is 1.73. The lowest BCUT2D eigenvalue weighted by Crippen LogP contribution is -2.33. The molecule has 118 valence electrons. The van der Waals surface area contributed by atoms with Gasteiger partial charge < -0.3 is 15.1 Å². The van der Waals surface area contributed by atoms with Crippen LogP contribution in [0.2, 0.25) is 0 Å². The SMILES string of the molecule is CCCCN1CCC(c2coc3cc(C(N)=O)ccc23)CC1. The second kappa shape index (κ2) is 6.53. The molecule has 1 amide bonds. The van der Waals surface area contributed by atoms with Crippen molar-refractivity contribution in [2.45, 2.75) is 38.5 Å². The van der Waals surface area contributed by atoms with E-state index in [0.29, 0.717) is 11.5 Å². The summed E-state index contributed by atoms with van der Waals surface area (Å²) in [5, 5.41) is 1.12. The zero-order valence-electron chi connectivity index (χ0n) is 13.2. The quantitative estimate of drug-likeness (QED) is 0.919. The average Bonchev–Trinajstić information content (AvgIpc) is 2.96. The van der Waals surface area contributed by atoms with E-state index in [1.165, 1.54) is 37.8 Å². The molecule has 1 aliphatic heterocycles. The first kappa shape index (κ1) is 15.1. The lowest BCUT2D eigenvalue weighted by molar-refractivity contribution is 0.100. The van der Waals surface area contributed by atoms with Crippen LogP contribution in [0.1, 0.15) is 54.4 Å². The molecular weight excluding hydrogens is 276 g/mol. The standard InChI is InChI=1S/C18H24N2O2/c1-2-3-8-20-9-6-13(7-10-20)16-12-22-17-11-14(18(19)21)4-5-15(16)17/h4-5,11-13H,2-3,6-10H2,1H3,(H2,19,21). The predicted molar refractivity (Wildman–Crippen MR) is 88.1 cm³/mol. The number of fused-ring (bicyclic) bond motifs is 1. The molecule has 0 saturated carbocycles. The Morgan fingerprint density at radius 1 is 1.36 bits per heavy atom. The first-order chi connectivity index (χ1) is 10.7. The molecule has 1 aromatic heterocycles. The average molecular weight is 300 g/mol. The Hall–Kier alpha value is -1.81. The van der Waals surface area contributed by atoms with Gasteiger partial charge in [-0.15, -0.1) is 0 Å². The Morgan fingerprint density at radius 3 is 2.82 bits per heavy atom. The molecule has 2 heterocycles. The summed E-state index contributed by atoms with van der Waals surface area (Å²) in [4.78, 5) is 13.8.